The summed E-state index contributed by atoms with van der Waals surface area (Å²) < 4.78 is 0. The fourth-order valence-corrected chi connectivity index (χ4v) is 1.93. The van der Waals surface area contributed by atoms with Crippen molar-refractivity contribution in [1.82, 2.24) is 5.32 Å². The summed E-state index contributed by atoms with van der Waals surface area (Å²) in [6.45, 7) is 1.70. The number of hydrogen-bond acceptors (Lipinski definition) is 3. The predicted molar refractivity (Wildman–Crippen MR) is 72.8 cm³/mol. The minimum Gasteiger partial charge on any atom is -0.481 e. The third-order valence-corrected chi connectivity index (χ3v) is 3.35. The fourth-order valence-electron chi connectivity index (χ4n) is 1.56. The molecule has 0 fully saturated rings. The highest BCUT2D eigenvalue weighted by atomic mass is 32.2. The van der Waals surface area contributed by atoms with Crippen LogP contribution in [0.4, 0.5) is 0 Å². The predicted octanol–water partition coefficient (Wildman–Crippen LogP) is 1.51. The number of carboxylic acids is 1. The molecule has 1 aromatic carbocycles. The Bertz CT molecular complexity index is 422. The number of carboxylic acid groups (broad SMARTS) is 1. The highest BCUT2D eigenvalue weighted by Gasteiger charge is 2.35. The van der Waals surface area contributed by atoms with Gasteiger partial charge in [0.2, 0.25) is 5.91 Å². The van der Waals surface area contributed by atoms with Crippen molar-refractivity contribution in [2.24, 2.45) is 0 Å². The van der Waals surface area contributed by atoms with Gasteiger partial charge in [-0.3, -0.25) is 9.59 Å². The Kier molecular flexibility index (Phi) is 5.22. The molecule has 1 aromatic rings. The zero-order valence-corrected chi connectivity index (χ0v) is 11.3. The largest absolute Gasteiger partial charge is 0.481 e. The average Bonchev–Trinajstić information content (AvgIpc) is 2.37. The van der Waals surface area contributed by atoms with Crippen LogP contribution in [0, 0.1) is 0 Å². The molecular weight excluding hydrogens is 250 g/mol. The van der Waals surface area contributed by atoms with E-state index >= 15 is 0 Å². The Hall–Kier alpha value is -1.49. The van der Waals surface area contributed by atoms with Crippen LogP contribution in [0.15, 0.2) is 30.3 Å². The Balaban J connectivity index is 2.82. The molecule has 98 valence electrons. The van der Waals surface area contributed by atoms with E-state index < -0.39 is 11.4 Å². The number of thioether (sulfide) groups is 1. The van der Waals surface area contributed by atoms with Crippen molar-refractivity contribution in [3.63, 3.8) is 0 Å². The number of hydrogen-bond donors (Lipinski definition) is 2. The van der Waals surface area contributed by atoms with Crippen LogP contribution in [0.2, 0.25) is 0 Å². The molecule has 2 N–H and O–H groups in total. The first-order valence-electron chi connectivity index (χ1n) is 5.55. The first-order chi connectivity index (χ1) is 8.50. The van der Waals surface area contributed by atoms with Crippen LogP contribution in [0.5, 0.6) is 0 Å². The van der Waals surface area contributed by atoms with Gasteiger partial charge in [0, 0.05) is 6.54 Å². The van der Waals surface area contributed by atoms with Crippen LogP contribution >= 0.6 is 11.8 Å². The summed E-state index contributed by atoms with van der Waals surface area (Å²) in [4.78, 5) is 22.9. The standard InChI is InChI=1S/C13H17NO3S/c1-13(12(16)17,9-14-11(15)8-18-2)10-6-4-3-5-7-10/h3-7H,8-9H2,1-2H3,(H,14,15)(H,16,17). The third kappa shape index (κ3) is 3.50. The van der Waals surface area contributed by atoms with Crippen LogP contribution < -0.4 is 5.32 Å². The molecule has 0 aliphatic rings. The maximum atomic E-state index is 11.4. The van der Waals surface area contributed by atoms with Crippen molar-refractivity contribution < 1.29 is 14.7 Å². The normalized spacial score (nSPS) is 13.7. The summed E-state index contributed by atoms with van der Waals surface area (Å²) in [7, 11) is 0. The maximum absolute atomic E-state index is 11.4. The topological polar surface area (TPSA) is 66.4 Å². The smallest absolute Gasteiger partial charge is 0.315 e. The molecule has 0 saturated carbocycles. The second-order valence-corrected chi connectivity index (χ2v) is 5.08. The number of benzene rings is 1. The number of rotatable bonds is 6. The summed E-state index contributed by atoms with van der Waals surface area (Å²) in [5, 5.41) is 12.0. The van der Waals surface area contributed by atoms with E-state index in [0.717, 1.165) is 0 Å². The number of carbonyl (C=O) groups excluding carboxylic acids is 1. The lowest BCUT2D eigenvalue weighted by molar-refractivity contribution is -0.143. The SMILES string of the molecule is CSCC(=O)NCC(C)(C(=O)O)c1ccccc1. The Morgan fingerprint density at radius 1 is 1.33 bits per heavy atom. The summed E-state index contributed by atoms with van der Waals surface area (Å²) in [6, 6.07) is 8.93. The Morgan fingerprint density at radius 2 is 1.94 bits per heavy atom. The van der Waals surface area contributed by atoms with Crippen LogP contribution in [0.1, 0.15) is 12.5 Å². The number of carbonyl (C=O) groups is 2. The molecule has 0 spiro atoms. The zero-order chi connectivity index (χ0) is 13.6. The van der Waals surface area contributed by atoms with E-state index in [1.165, 1.54) is 11.8 Å². The van der Waals surface area contributed by atoms with E-state index in [9.17, 15) is 14.7 Å². The highest BCUT2D eigenvalue weighted by molar-refractivity contribution is 7.99. The van der Waals surface area contributed by atoms with Gasteiger partial charge < -0.3 is 10.4 Å². The minimum atomic E-state index is -1.10. The van der Waals surface area contributed by atoms with E-state index in [0.29, 0.717) is 11.3 Å². The molecule has 0 aliphatic heterocycles. The molecule has 0 aromatic heterocycles. The molecule has 5 heteroatoms. The minimum absolute atomic E-state index is 0.0890. The summed E-state index contributed by atoms with van der Waals surface area (Å²) in [5.74, 6) is -0.756. The van der Waals surface area contributed by atoms with Crippen molar-refractivity contribution >= 4 is 23.6 Å². The van der Waals surface area contributed by atoms with Gasteiger partial charge in [-0.15, -0.1) is 0 Å². The van der Waals surface area contributed by atoms with Gasteiger partial charge in [0.1, 0.15) is 5.41 Å². The second-order valence-electron chi connectivity index (χ2n) is 4.21. The average molecular weight is 267 g/mol. The van der Waals surface area contributed by atoms with Crippen LogP contribution in [0.25, 0.3) is 0 Å². The van der Waals surface area contributed by atoms with Crippen molar-refractivity contribution in [3.8, 4) is 0 Å². The molecular formula is C13H17NO3S. The third-order valence-electron chi connectivity index (χ3n) is 2.80. The molecule has 1 unspecified atom stereocenters. The Morgan fingerprint density at radius 3 is 2.44 bits per heavy atom. The lowest BCUT2D eigenvalue weighted by atomic mass is 9.82. The van der Waals surface area contributed by atoms with E-state index in [1.54, 1.807) is 31.2 Å². The van der Waals surface area contributed by atoms with E-state index in [-0.39, 0.29) is 12.5 Å². The van der Waals surface area contributed by atoms with Gasteiger partial charge in [-0.25, -0.2) is 0 Å². The van der Waals surface area contributed by atoms with Gasteiger partial charge in [-0.05, 0) is 18.7 Å². The molecule has 0 radical (unpaired) electrons. The monoisotopic (exact) mass is 267 g/mol. The lowest BCUT2D eigenvalue weighted by Crippen LogP contribution is -2.44. The van der Waals surface area contributed by atoms with Gasteiger partial charge in [-0.2, -0.15) is 11.8 Å². The molecule has 4 nitrogen and oxygen atoms in total. The van der Waals surface area contributed by atoms with Crippen LogP contribution in [-0.2, 0) is 15.0 Å². The summed E-state index contributed by atoms with van der Waals surface area (Å²) >= 11 is 1.41. The van der Waals surface area contributed by atoms with Gasteiger partial charge in [0.05, 0.1) is 5.75 Å². The molecule has 1 amide bonds. The van der Waals surface area contributed by atoms with Crippen LogP contribution in [0.3, 0.4) is 0 Å². The number of nitrogens with one attached hydrogen (secondary N) is 1. The fraction of sp³-hybridized carbons (Fsp3) is 0.385. The molecule has 0 saturated heterocycles. The van der Waals surface area contributed by atoms with E-state index in [2.05, 4.69) is 5.32 Å². The summed E-state index contributed by atoms with van der Waals surface area (Å²) in [5.41, 5.74) is -0.419. The van der Waals surface area contributed by atoms with Gasteiger partial charge >= 0.3 is 5.97 Å². The van der Waals surface area contributed by atoms with Crippen LogP contribution in [-0.4, -0.2) is 35.5 Å². The van der Waals surface area contributed by atoms with Gasteiger partial charge in [0.15, 0.2) is 0 Å². The summed E-state index contributed by atoms with van der Waals surface area (Å²) in [6.07, 6.45) is 1.83. The lowest BCUT2D eigenvalue weighted by Gasteiger charge is -2.25. The molecule has 0 heterocycles. The number of aliphatic carboxylic acids is 1. The van der Waals surface area contributed by atoms with Crippen molar-refractivity contribution in [2.45, 2.75) is 12.3 Å². The van der Waals surface area contributed by atoms with E-state index in [1.807, 2.05) is 12.3 Å². The second kappa shape index (κ2) is 6.44. The molecule has 0 aliphatic carbocycles. The first kappa shape index (κ1) is 14.6. The van der Waals surface area contributed by atoms with E-state index in [4.69, 9.17) is 0 Å². The number of amides is 1. The Labute approximate surface area is 111 Å². The van der Waals surface area contributed by atoms with Gasteiger partial charge in [0.25, 0.3) is 0 Å². The molecule has 0 bridgehead atoms. The zero-order valence-electron chi connectivity index (χ0n) is 10.5. The quantitative estimate of drug-likeness (QED) is 0.820. The highest BCUT2D eigenvalue weighted by Crippen LogP contribution is 2.23. The molecule has 1 rings (SSSR count). The van der Waals surface area contributed by atoms with Crippen molar-refractivity contribution in [2.75, 3.05) is 18.6 Å². The van der Waals surface area contributed by atoms with Crippen molar-refractivity contribution in [1.29, 1.82) is 0 Å². The molecule has 18 heavy (non-hydrogen) atoms. The maximum Gasteiger partial charge on any atom is 0.315 e. The van der Waals surface area contributed by atoms with Crippen molar-refractivity contribution in [3.05, 3.63) is 35.9 Å². The van der Waals surface area contributed by atoms with Gasteiger partial charge in [-0.1, -0.05) is 30.3 Å². The first-order valence-corrected chi connectivity index (χ1v) is 6.94. The molecule has 1 atom stereocenters.